The molecule has 0 unspecified atom stereocenters. The van der Waals surface area contributed by atoms with Crippen molar-refractivity contribution in [3.63, 3.8) is 0 Å². The molecule has 0 atom stereocenters. The molecular weight excluding hydrogens is 430 g/mol. The molecule has 0 aliphatic heterocycles. The predicted octanol–water partition coefficient (Wildman–Crippen LogP) is 4.19. The van der Waals surface area contributed by atoms with Crippen molar-refractivity contribution >= 4 is 27.2 Å². The lowest BCUT2D eigenvalue weighted by molar-refractivity contribution is -0.384. The number of fused-ring (bicyclic) bond motifs is 1. The van der Waals surface area contributed by atoms with Crippen molar-refractivity contribution in [3.05, 3.63) is 95.5 Å². The molecule has 0 amide bonds. The first kappa shape index (κ1) is 21.5. The number of thiophene rings is 1. The summed E-state index contributed by atoms with van der Waals surface area (Å²) in [5.41, 5.74) is 0.919. The van der Waals surface area contributed by atoms with E-state index in [9.17, 15) is 19.7 Å². The number of aryl methyl sites for hydroxylation is 2. The minimum absolute atomic E-state index is 0.0508. The van der Waals surface area contributed by atoms with Crippen LogP contribution in [0.1, 0.15) is 22.9 Å². The van der Waals surface area contributed by atoms with Crippen LogP contribution in [0, 0.1) is 24.0 Å². The lowest BCUT2D eigenvalue weighted by atomic mass is 10.2. The molecule has 0 saturated heterocycles. The highest BCUT2D eigenvalue weighted by Gasteiger charge is 2.20. The Labute approximate surface area is 187 Å². The van der Waals surface area contributed by atoms with Crippen molar-refractivity contribution in [2.45, 2.75) is 27.3 Å². The van der Waals surface area contributed by atoms with E-state index >= 15 is 0 Å². The highest BCUT2D eigenvalue weighted by atomic mass is 32.1. The maximum Gasteiger partial charge on any atom is 0.337 e. The highest BCUT2D eigenvalue weighted by molar-refractivity contribution is 7.18. The van der Waals surface area contributed by atoms with Crippen molar-refractivity contribution in [2.24, 2.45) is 0 Å². The van der Waals surface area contributed by atoms with Gasteiger partial charge < -0.3 is 4.74 Å². The van der Waals surface area contributed by atoms with Crippen molar-refractivity contribution in [2.75, 3.05) is 6.61 Å². The molecule has 164 valence electrons. The minimum Gasteiger partial charge on any atom is -0.494 e. The summed E-state index contributed by atoms with van der Waals surface area (Å²) in [6.07, 6.45) is 0. The quantitative estimate of drug-likeness (QED) is 0.324. The Balaban J connectivity index is 1.95. The number of ether oxygens (including phenoxy) is 1. The van der Waals surface area contributed by atoms with Crippen LogP contribution < -0.4 is 16.0 Å². The Hall–Kier alpha value is -3.72. The second-order valence-corrected chi connectivity index (χ2v) is 8.53. The first-order valence-electron chi connectivity index (χ1n) is 10.0. The van der Waals surface area contributed by atoms with Gasteiger partial charge in [0.2, 0.25) is 0 Å². The molecule has 0 N–H and O–H groups in total. The van der Waals surface area contributed by atoms with Gasteiger partial charge in [-0.3, -0.25) is 19.5 Å². The summed E-state index contributed by atoms with van der Waals surface area (Å²) in [5, 5.41) is 11.7. The first-order chi connectivity index (χ1) is 15.3. The van der Waals surface area contributed by atoms with Gasteiger partial charge >= 0.3 is 5.69 Å². The van der Waals surface area contributed by atoms with Crippen molar-refractivity contribution in [1.29, 1.82) is 0 Å². The third-order valence-corrected chi connectivity index (χ3v) is 6.55. The summed E-state index contributed by atoms with van der Waals surface area (Å²) in [5.74, 6) is 0.643. The number of nitrogens with zero attached hydrogens (tertiary/aromatic N) is 3. The van der Waals surface area contributed by atoms with Crippen LogP contribution in [-0.4, -0.2) is 20.7 Å². The summed E-state index contributed by atoms with van der Waals surface area (Å²) < 4.78 is 8.12. The van der Waals surface area contributed by atoms with E-state index in [4.69, 9.17) is 4.74 Å². The molecular formula is C23H21N3O5S. The Morgan fingerprint density at radius 3 is 2.47 bits per heavy atom. The van der Waals surface area contributed by atoms with Gasteiger partial charge in [0.25, 0.3) is 11.2 Å². The maximum atomic E-state index is 13.5. The molecule has 32 heavy (non-hydrogen) atoms. The van der Waals surface area contributed by atoms with E-state index in [1.165, 1.54) is 28.0 Å². The van der Waals surface area contributed by atoms with Crippen molar-refractivity contribution < 1.29 is 9.66 Å². The number of rotatable bonds is 6. The SMILES string of the molecule is CCOc1ccc(-n2c(=O)c3c(C)c(C)sc3n(Cc3cccc([N+](=O)[O-])c3)c2=O)cc1. The molecule has 0 radical (unpaired) electrons. The monoisotopic (exact) mass is 451 g/mol. The number of hydrogen-bond donors (Lipinski definition) is 0. The van der Waals surface area contributed by atoms with Gasteiger partial charge in [-0.15, -0.1) is 11.3 Å². The van der Waals surface area contributed by atoms with E-state index in [0.717, 1.165) is 15.0 Å². The van der Waals surface area contributed by atoms with Crippen LogP contribution in [0.25, 0.3) is 15.9 Å². The van der Waals surface area contributed by atoms with Crippen molar-refractivity contribution in [3.8, 4) is 11.4 Å². The van der Waals surface area contributed by atoms with Gasteiger partial charge in [-0.2, -0.15) is 0 Å². The highest BCUT2D eigenvalue weighted by Crippen LogP contribution is 2.28. The molecule has 2 heterocycles. The Bertz CT molecular complexity index is 1450. The van der Waals surface area contributed by atoms with Gasteiger partial charge in [0.05, 0.1) is 29.1 Å². The zero-order valence-corrected chi connectivity index (χ0v) is 18.6. The molecule has 0 fully saturated rings. The Morgan fingerprint density at radius 1 is 1.09 bits per heavy atom. The second-order valence-electron chi connectivity index (χ2n) is 7.33. The normalized spacial score (nSPS) is 11.1. The average molecular weight is 452 g/mol. The van der Waals surface area contributed by atoms with Gasteiger partial charge in [-0.25, -0.2) is 9.36 Å². The Morgan fingerprint density at radius 2 is 1.81 bits per heavy atom. The zero-order valence-electron chi connectivity index (χ0n) is 17.8. The average Bonchev–Trinajstić information content (AvgIpc) is 3.07. The lowest BCUT2D eigenvalue weighted by Crippen LogP contribution is -2.38. The number of nitro groups is 1. The summed E-state index contributed by atoms with van der Waals surface area (Å²) in [6.45, 7) is 6.26. The molecule has 0 saturated carbocycles. The van der Waals surface area contributed by atoms with Gasteiger partial charge in [-0.1, -0.05) is 12.1 Å². The standard InChI is InChI=1S/C23H21N3O5S/c1-4-31-19-10-8-17(9-11-19)25-21(27)20-14(2)15(3)32-22(20)24(23(25)28)13-16-6-5-7-18(12-16)26(29)30/h5-12H,4,13H2,1-3H3. The molecule has 4 aromatic rings. The number of non-ortho nitro benzene ring substituents is 1. The fourth-order valence-electron chi connectivity index (χ4n) is 3.63. The van der Waals surface area contributed by atoms with Crippen molar-refractivity contribution in [1.82, 2.24) is 9.13 Å². The number of aromatic nitrogens is 2. The molecule has 0 aliphatic carbocycles. The molecule has 0 bridgehead atoms. The molecule has 2 aromatic carbocycles. The third-order valence-electron chi connectivity index (χ3n) is 5.32. The van der Waals surface area contributed by atoms with E-state index in [-0.39, 0.29) is 17.8 Å². The van der Waals surface area contributed by atoms with Gasteiger partial charge in [0.15, 0.2) is 0 Å². The summed E-state index contributed by atoms with van der Waals surface area (Å²) in [7, 11) is 0. The largest absolute Gasteiger partial charge is 0.494 e. The van der Waals surface area contributed by atoms with Crippen LogP contribution in [-0.2, 0) is 6.54 Å². The van der Waals surface area contributed by atoms with Crippen LogP contribution >= 0.6 is 11.3 Å². The van der Waals surface area contributed by atoms with E-state index in [1.54, 1.807) is 36.4 Å². The van der Waals surface area contributed by atoms with E-state index in [1.807, 2.05) is 20.8 Å². The molecule has 9 heteroatoms. The molecule has 4 rings (SSSR count). The molecule has 0 aliphatic rings. The van der Waals surface area contributed by atoms with E-state index < -0.39 is 10.6 Å². The Kier molecular flexibility index (Phi) is 5.67. The number of hydrogen-bond acceptors (Lipinski definition) is 6. The first-order valence-corrected chi connectivity index (χ1v) is 10.9. The summed E-state index contributed by atoms with van der Waals surface area (Å²) in [6, 6.07) is 12.9. The van der Waals surface area contributed by atoms with Crippen LogP contribution in [0.5, 0.6) is 5.75 Å². The van der Waals surface area contributed by atoms with Gasteiger partial charge in [0, 0.05) is 17.0 Å². The molecule has 0 spiro atoms. The second kappa shape index (κ2) is 8.43. The summed E-state index contributed by atoms with van der Waals surface area (Å²) >= 11 is 1.37. The van der Waals surface area contributed by atoms with Gasteiger partial charge in [-0.05, 0) is 56.2 Å². The van der Waals surface area contributed by atoms with Crippen LogP contribution in [0.3, 0.4) is 0 Å². The molecule has 2 aromatic heterocycles. The molecule has 8 nitrogen and oxygen atoms in total. The number of benzene rings is 2. The smallest absolute Gasteiger partial charge is 0.337 e. The van der Waals surface area contributed by atoms with Gasteiger partial charge in [0.1, 0.15) is 10.6 Å². The fourth-order valence-corrected chi connectivity index (χ4v) is 4.77. The van der Waals surface area contributed by atoms with Crippen LogP contribution in [0.4, 0.5) is 5.69 Å². The van der Waals surface area contributed by atoms with E-state index in [2.05, 4.69) is 0 Å². The lowest BCUT2D eigenvalue weighted by Gasteiger charge is -2.13. The maximum absolute atomic E-state index is 13.5. The number of nitro benzene ring substituents is 1. The van der Waals surface area contributed by atoms with Crippen LogP contribution in [0.15, 0.2) is 58.1 Å². The summed E-state index contributed by atoms with van der Waals surface area (Å²) in [4.78, 5) is 39.1. The fraction of sp³-hybridized carbons (Fsp3) is 0.217. The minimum atomic E-state index is -0.501. The predicted molar refractivity (Wildman–Crippen MR) is 125 cm³/mol. The van der Waals surface area contributed by atoms with Crippen LogP contribution in [0.2, 0.25) is 0 Å². The zero-order chi connectivity index (χ0) is 23.0. The topological polar surface area (TPSA) is 96.4 Å². The van der Waals surface area contributed by atoms with E-state index in [0.29, 0.717) is 33.8 Å². The third kappa shape index (κ3) is 3.71.